The zero-order valence-electron chi connectivity index (χ0n) is 8.10. The molecule has 14 heavy (non-hydrogen) atoms. The molecule has 1 rings (SSSR count). The third kappa shape index (κ3) is 2.39. The van der Waals surface area contributed by atoms with Crippen LogP contribution < -0.4 is 11.1 Å². The molecule has 4 N–H and O–H groups in total. The number of hydrogen-bond acceptors (Lipinski definition) is 2. The van der Waals surface area contributed by atoms with E-state index in [0.29, 0.717) is 10.6 Å². The maximum Gasteiger partial charge on any atom is 0.126 e. The van der Waals surface area contributed by atoms with Crippen molar-refractivity contribution in [1.82, 2.24) is 0 Å². The monoisotopic (exact) mass is 211 g/mol. The predicted octanol–water partition coefficient (Wildman–Crippen LogP) is 2.45. The van der Waals surface area contributed by atoms with E-state index in [4.69, 9.17) is 22.7 Å². The fourth-order valence-electron chi connectivity index (χ4n) is 1.20. The van der Waals surface area contributed by atoms with Gasteiger partial charge in [0.1, 0.15) is 5.84 Å². The number of hydrogen-bond donors (Lipinski definition) is 3. The van der Waals surface area contributed by atoms with E-state index in [1.54, 1.807) is 6.07 Å². The summed E-state index contributed by atoms with van der Waals surface area (Å²) >= 11 is 5.94. The van der Waals surface area contributed by atoms with Crippen molar-refractivity contribution >= 4 is 23.1 Å². The number of rotatable bonds is 4. The zero-order chi connectivity index (χ0) is 10.6. The number of halogens is 1. The van der Waals surface area contributed by atoms with E-state index in [9.17, 15) is 0 Å². The highest BCUT2D eigenvalue weighted by Gasteiger charge is 2.08. The Kier molecular flexibility index (Phi) is 3.77. The van der Waals surface area contributed by atoms with Crippen molar-refractivity contribution in [2.24, 2.45) is 5.73 Å². The van der Waals surface area contributed by atoms with Gasteiger partial charge >= 0.3 is 0 Å². The molecule has 0 saturated heterocycles. The number of nitrogens with two attached hydrogens (primary N) is 1. The molecule has 1 aromatic rings. The number of nitrogen functional groups attached to an aromatic ring is 1. The Hall–Kier alpha value is -1.22. The van der Waals surface area contributed by atoms with Crippen LogP contribution >= 0.6 is 11.6 Å². The van der Waals surface area contributed by atoms with E-state index >= 15 is 0 Å². The average molecular weight is 212 g/mol. The molecule has 0 saturated carbocycles. The minimum atomic E-state index is -0.00537. The standard InChI is InChI=1S/C10H14ClN3/c1-2-6-14-8-5-3-4-7(11)9(8)10(12)13/h3-5,14H,2,6H2,1H3,(H3,12,13). The summed E-state index contributed by atoms with van der Waals surface area (Å²) in [6.07, 6.45) is 1.02. The van der Waals surface area contributed by atoms with E-state index in [2.05, 4.69) is 12.2 Å². The van der Waals surface area contributed by atoms with Gasteiger partial charge in [-0.25, -0.2) is 0 Å². The van der Waals surface area contributed by atoms with Crippen molar-refractivity contribution in [2.75, 3.05) is 11.9 Å². The van der Waals surface area contributed by atoms with Gasteiger partial charge in [0.2, 0.25) is 0 Å². The molecular formula is C10H14ClN3. The van der Waals surface area contributed by atoms with E-state index in [1.807, 2.05) is 12.1 Å². The fraction of sp³-hybridized carbons (Fsp3) is 0.300. The molecule has 0 bridgehead atoms. The highest BCUT2D eigenvalue weighted by molar-refractivity contribution is 6.34. The molecule has 0 radical (unpaired) electrons. The first-order valence-electron chi connectivity index (χ1n) is 4.53. The van der Waals surface area contributed by atoms with E-state index in [-0.39, 0.29) is 5.84 Å². The third-order valence-electron chi connectivity index (χ3n) is 1.85. The molecule has 0 unspecified atom stereocenters. The summed E-state index contributed by atoms with van der Waals surface area (Å²) in [7, 11) is 0. The van der Waals surface area contributed by atoms with Crippen molar-refractivity contribution in [1.29, 1.82) is 5.41 Å². The molecule has 4 heteroatoms. The van der Waals surface area contributed by atoms with E-state index < -0.39 is 0 Å². The minimum absolute atomic E-state index is 0.00537. The van der Waals surface area contributed by atoms with Crippen LogP contribution in [-0.4, -0.2) is 12.4 Å². The van der Waals surface area contributed by atoms with Crippen LogP contribution in [0.2, 0.25) is 5.02 Å². The van der Waals surface area contributed by atoms with E-state index in [0.717, 1.165) is 18.7 Å². The molecule has 0 aliphatic rings. The largest absolute Gasteiger partial charge is 0.384 e. The molecule has 0 aliphatic carbocycles. The Labute approximate surface area is 88.8 Å². The van der Waals surface area contributed by atoms with Gasteiger partial charge in [-0.1, -0.05) is 24.6 Å². The Morgan fingerprint density at radius 3 is 2.86 bits per heavy atom. The first kappa shape index (κ1) is 10.9. The van der Waals surface area contributed by atoms with Gasteiger partial charge in [0.15, 0.2) is 0 Å². The SMILES string of the molecule is CCCNc1cccc(Cl)c1C(=N)N. The predicted molar refractivity (Wildman–Crippen MR) is 61.2 cm³/mol. The summed E-state index contributed by atoms with van der Waals surface area (Å²) in [5, 5.41) is 11.1. The summed E-state index contributed by atoms with van der Waals surface area (Å²) in [6.45, 7) is 2.92. The number of anilines is 1. The zero-order valence-corrected chi connectivity index (χ0v) is 8.86. The van der Waals surface area contributed by atoms with Crippen LogP contribution in [0.1, 0.15) is 18.9 Å². The molecule has 0 atom stereocenters. The van der Waals surface area contributed by atoms with Crippen molar-refractivity contribution in [3.05, 3.63) is 28.8 Å². The average Bonchev–Trinajstić information content (AvgIpc) is 2.14. The molecule has 0 fully saturated rings. The second-order valence-corrected chi connectivity index (χ2v) is 3.41. The molecule has 0 heterocycles. The fourth-order valence-corrected chi connectivity index (χ4v) is 1.48. The molecule has 0 amide bonds. The molecule has 1 aromatic carbocycles. The maximum absolute atomic E-state index is 7.41. The van der Waals surface area contributed by atoms with Gasteiger partial charge in [0.25, 0.3) is 0 Å². The van der Waals surface area contributed by atoms with Crippen LogP contribution in [0, 0.1) is 5.41 Å². The van der Waals surface area contributed by atoms with Crippen molar-refractivity contribution < 1.29 is 0 Å². The smallest absolute Gasteiger partial charge is 0.126 e. The highest BCUT2D eigenvalue weighted by Crippen LogP contribution is 2.23. The lowest BCUT2D eigenvalue weighted by Crippen LogP contribution is -2.15. The van der Waals surface area contributed by atoms with Gasteiger partial charge in [-0.05, 0) is 18.6 Å². The van der Waals surface area contributed by atoms with Gasteiger partial charge in [-0.2, -0.15) is 0 Å². The Morgan fingerprint density at radius 1 is 1.57 bits per heavy atom. The second-order valence-electron chi connectivity index (χ2n) is 3.00. The van der Waals surface area contributed by atoms with E-state index in [1.165, 1.54) is 0 Å². The van der Waals surface area contributed by atoms with Gasteiger partial charge in [-0.3, -0.25) is 5.41 Å². The quantitative estimate of drug-likeness (QED) is 0.529. The summed E-state index contributed by atoms with van der Waals surface area (Å²) in [5.41, 5.74) is 6.86. The van der Waals surface area contributed by atoms with Crippen LogP contribution in [0.3, 0.4) is 0 Å². The maximum atomic E-state index is 7.41. The summed E-state index contributed by atoms with van der Waals surface area (Å²) in [6, 6.07) is 5.44. The van der Waals surface area contributed by atoms with Crippen LogP contribution in [-0.2, 0) is 0 Å². The molecule has 3 nitrogen and oxygen atoms in total. The summed E-state index contributed by atoms with van der Waals surface area (Å²) in [5.74, 6) is -0.00537. The Balaban J connectivity index is 3.02. The summed E-state index contributed by atoms with van der Waals surface area (Å²) in [4.78, 5) is 0. The molecule has 0 aromatic heterocycles. The molecule has 0 spiro atoms. The van der Waals surface area contributed by atoms with Crippen molar-refractivity contribution in [3.8, 4) is 0 Å². The number of amidine groups is 1. The number of benzene rings is 1. The lowest BCUT2D eigenvalue weighted by Gasteiger charge is -2.11. The third-order valence-corrected chi connectivity index (χ3v) is 2.16. The van der Waals surface area contributed by atoms with Crippen LogP contribution in [0.5, 0.6) is 0 Å². The normalized spacial score (nSPS) is 9.86. The van der Waals surface area contributed by atoms with Crippen molar-refractivity contribution in [2.45, 2.75) is 13.3 Å². The van der Waals surface area contributed by atoms with Gasteiger partial charge in [0, 0.05) is 12.2 Å². The molecule has 0 aliphatic heterocycles. The molecule has 76 valence electrons. The van der Waals surface area contributed by atoms with Gasteiger partial charge in [0.05, 0.1) is 10.6 Å². The minimum Gasteiger partial charge on any atom is -0.384 e. The number of nitrogens with one attached hydrogen (secondary N) is 2. The van der Waals surface area contributed by atoms with Crippen LogP contribution in [0.4, 0.5) is 5.69 Å². The lowest BCUT2D eigenvalue weighted by molar-refractivity contribution is 0.979. The highest BCUT2D eigenvalue weighted by atomic mass is 35.5. The van der Waals surface area contributed by atoms with Gasteiger partial charge < -0.3 is 11.1 Å². The Morgan fingerprint density at radius 2 is 2.29 bits per heavy atom. The van der Waals surface area contributed by atoms with Crippen LogP contribution in [0.25, 0.3) is 0 Å². The first-order chi connectivity index (χ1) is 6.66. The topological polar surface area (TPSA) is 61.9 Å². The lowest BCUT2D eigenvalue weighted by atomic mass is 10.1. The molecular weight excluding hydrogens is 198 g/mol. The summed E-state index contributed by atoms with van der Waals surface area (Å²) < 4.78 is 0. The second kappa shape index (κ2) is 4.86. The van der Waals surface area contributed by atoms with Crippen LogP contribution in [0.15, 0.2) is 18.2 Å². The van der Waals surface area contributed by atoms with Gasteiger partial charge in [-0.15, -0.1) is 0 Å². The Bertz CT molecular complexity index is 336. The van der Waals surface area contributed by atoms with Crippen molar-refractivity contribution in [3.63, 3.8) is 0 Å². The first-order valence-corrected chi connectivity index (χ1v) is 4.91.